The molecular weight excluding hydrogens is 571 g/mol. The number of quaternary nitrogens is 1. The van der Waals surface area contributed by atoms with Gasteiger partial charge in [-0.05, 0) is 38.7 Å². The molecule has 0 fully saturated rings. The van der Waals surface area contributed by atoms with E-state index >= 15 is 0 Å². The Kier molecular flexibility index (Phi) is 30.6. The Morgan fingerprint density at radius 3 is 1.09 bits per heavy atom. The van der Waals surface area contributed by atoms with Gasteiger partial charge in [-0.15, -0.1) is 0 Å². The highest BCUT2D eigenvalue weighted by atomic mass is 16.0. The summed E-state index contributed by atoms with van der Waals surface area (Å²) in [6.07, 6.45) is 44.5. The van der Waals surface area contributed by atoms with E-state index in [1.807, 2.05) is 0 Å². The van der Waals surface area contributed by atoms with Crippen molar-refractivity contribution in [1.29, 1.82) is 0 Å². The van der Waals surface area contributed by atoms with E-state index in [0.29, 0.717) is 0 Å². The average Bonchev–Trinajstić information content (AvgIpc) is 3.04. The van der Waals surface area contributed by atoms with Crippen LogP contribution in [-0.2, 0) is 5.54 Å². The minimum absolute atomic E-state index is 0. The Balaban J connectivity index is 0.0000212. The maximum atomic E-state index is 2.59. The summed E-state index contributed by atoms with van der Waals surface area (Å²) in [6, 6.07) is 9.28. The van der Waals surface area contributed by atoms with Crippen LogP contribution < -0.4 is 0 Å². The Bertz CT molecular complexity index is 788. The van der Waals surface area contributed by atoms with Crippen LogP contribution in [0.4, 0.5) is 0 Å². The van der Waals surface area contributed by atoms with Crippen LogP contribution in [-0.4, -0.2) is 30.6 Å². The molecule has 0 spiro atoms. The smallest absolute Gasteiger partial charge is 0.122 e. The summed E-state index contributed by atoms with van der Waals surface area (Å²) in [5.41, 5.74) is 3.26. The monoisotopic (exact) mass is 658 g/mol. The number of hydrogen-bond donors (Lipinski definition) is 0. The molecule has 0 amide bonds. The van der Waals surface area contributed by atoms with Gasteiger partial charge in [0.15, 0.2) is 0 Å². The van der Waals surface area contributed by atoms with Crippen LogP contribution in [0.2, 0.25) is 0 Å². The van der Waals surface area contributed by atoms with Gasteiger partial charge in [0.1, 0.15) is 5.54 Å². The van der Waals surface area contributed by atoms with Gasteiger partial charge >= 0.3 is 0 Å². The molecule has 0 aromatic heterocycles. The molecule has 0 radical (unpaired) electrons. The Labute approximate surface area is 297 Å². The molecule has 1 aromatic rings. The molecule has 0 aliphatic carbocycles. The Morgan fingerprint density at radius 1 is 0.447 bits per heavy atom. The predicted octanol–water partition coefficient (Wildman–Crippen LogP) is 15.2. The molecule has 47 heavy (non-hydrogen) atoms. The van der Waals surface area contributed by atoms with E-state index in [2.05, 4.69) is 66.1 Å². The first-order chi connectivity index (χ1) is 22.4. The highest BCUT2D eigenvalue weighted by Gasteiger charge is 2.42. The van der Waals surface area contributed by atoms with Crippen molar-refractivity contribution in [3.05, 3.63) is 35.4 Å². The van der Waals surface area contributed by atoms with E-state index in [0.717, 1.165) is 4.48 Å². The van der Waals surface area contributed by atoms with E-state index in [-0.39, 0.29) is 11.0 Å². The molecule has 1 rings (SSSR count). The van der Waals surface area contributed by atoms with Crippen molar-refractivity contribution < 1.29 is 9.96 Å². The number of rotatable bonds is 34. The maximum Gasteiger partial charge on any atom is 0.122 e. The molecule has 1 aromatic carbocycles. The van der Waals surface area contributed by atoms with Crippen LogP contribution in [0.5, 0.6) is 0 Å². The molecule has 1 atom stereocenters. The van der Waals surface area contributed by atoms with Crippen LogP contribution in [0, 0.1) is 6.92 Å². The van der Waals surface area contributed by atoms with Crippen LogP contribution in [0.3, 0.4) is 0 Å². The van der Waals surface area contributed by atoms with Crippen molar-refractivity contribution >= 4 is 0 Å². The van der Waals surface area contributed by atoms with Crippen LogP contribution in [0.15, 0.2) is 24.3 Å². The second-order valence-corrected chi connectivity index (χ2v) is 16.1. The van der Waals surface area contributed by atoms with Gasteiger partial charge in [0, 0.05) is 12.0 Å². The van der Waals surface area contributed by atoms with Crippen LogP contribution in [0.1, 0.15) is 231 Å². The summed E-state index contributed by atoms with van der Waals surface area (Å²) < 4.78 is 1.12. The first-order valence-corrected chi connectivity index (χ1v) is 21.3. The zero-order valence-electron chi connectivity index (χ0n) is 33.3. The average molecular weight is 658 g/mol. The molecule has 0 saturated carbocycles. The lowest BCUT2D eigenvalue weighted by molar-refractivity contribution is -0.948. The largest absolute Gasteiger partial charge is 0.870 e. The molecule has 0 bridgehead atoms. The van der Waals surface area contributed by atoms with E-state index in [9.17, 15) is 0 Å². The summed E-state index contributed by atoms with van der Waals surface area (Å²) in [4.78, 5) is 0. The fraction of sp³-hybridized carbons (Fsp3) is 0.867. The van der Waals surface area contributed by atoms with E-state index in [1.54, 1.807) is 5.56 Å². The number of hydrogen-bond acceptors (Lipinski definition) is 1. The van der Waals surface area contributed by atoms with Crippen molar-refractivity contribution in [3.63, 3.8) is 0 Å². The van der Waals surface area contributed by atoms with Crippen molar-refractivity contribution in [2.45, 2.75) is 232 Å². The standard InChI is InChI=1S/C45H86N.H2O/c1-7-9-11-13-15-17-19-21-23-24-25-27-29-31-33-37-41-45(4,44-40-36-35-39-43(44)3)46(5,6)42-38-34-32-30-28-26-22-20-18-16-14-12-10-8-2;/h35-36,39-40H,7-34,37-38,41-42H2,1-6H3;1H2/q+1;/p-1. The highest BCUT2D eigenvalue weighted by molar-refractivity contribution is 5.31. The molecule has 1 unspecified atom stereocenters. The lowest BCUT2D eigenvalue weighted by Crippen LogP contribution is -2.56. The first-order valence-electron chi connectivity index (χ1n) is 21.3. The van der Waals surface area contributed by atoms with E-state index in [1.165, 1.54) is 211 Å². The molecule has 0 aliphatic heterocycles. The highest BCUT2D eigenvalue weighted by Crippen LogP contribution is 2.39. The van der Waals surface area contributed by atoms with Crippen molar-refractivity contribution in [2.75, 3.05) is 20.6 Å². The molecule has 2 heteroatoms. The Hall–Kier alpha value is -0.860. The van der Waals surface area contributed by atoms with Gasteiger partial charge in [-0.3, -0.25) is 0 Å². The minimum Gasteiger partial charge on any atom is -0.870 e. The minimum atomic E-state index is 0. The number of aryl methyl sites for hydroxylation is 1. The molecule has 2 nitrogen and oxygen atoms in total. The summed E-state index contributed by atoms with van der Waals surface area (Å²) >= 11 is 0. The third-order valence-corrected chi connectivity index (χ3v) is 11.6. The van der Waals surface area contributed by atoms with Gasteiger partial charge in [-0.25, -0.2) is 0 Å². The molecule has 0 heterocycles. The van der Waals surface area contributed by atoms with Gasteiger partial charge < -0.3 is 9.96 Å². The SMILES string of the molecule is CCCCCCCCCCCCCCCCCCC(C)(c1ccccc1C)[N+](C)(C)CCCCCCCCCCCCCCCC.[OH-]. The fourth-order valence-electron chi connectivity index (χ4n) is 7.91. The zero-order chi connectivity index (χ0) is 33.6. The predicted molar refractivity (Wildman–Crippen MR) is 212 cm³/mol. The molecule has 0 saturated heterocycles. The number of benzene rings is 1. The second-order valence-electron chi connectivity index (χ2n) is 16.1. The molecular formula is C45H87NO. The van der Waals surface area contributed by atoms with Crippen LogP contribution >= 0.6 is 0 Å². The van der Waals surface area contributed by atoms with Gasteiger partial charge in [-0.1, -0.05) is 211 Å². The second kappa shape index (κ2) is 31.1. The van der Waals surface area contributed by atoms with Gasteiger partial charge in [0.2, 0.25) is 0 Å². The lowest BCUT2D eigenvalue weighted by Gasteiger charge is -2.48. The van der Waals surface area contributed by atoms with Gasteiger partial charge in [-0.2, -0.15) is 0 Å². The molecule has 0 aliphatic rings. The quantitative estimate of drug-likeness (QED) is 0.0536. The summed E-state index contributed by atoms with van der Waals surface area (Å²) in [6.45, 7) is 10.8. The molecule has 278 valence electrons. The number of nitrogens with zero attached hydrogens (tertiary/aromatic N) is 1. The third-order valence-electron chi connectivity index (χ3n) is 11.6. The van der Waals surface area contributed by atoms with Gasteiger partial charge in [0.25, 0.3) is 0 Å². The van der Waals surface area contributed by atoms with Gasteiger partial charge in [0.05, 0.1) is 20.6 Å². The zero-order valence-corrected chi connectivity index (χ0v) is 33.3. The van der Waals surface area contributed by atoms with Crippen molar-refractivity contribution in [2.24, 2.45) is 0 Å². The third kappa shape index (κ3) is 22.5. The summed E-state index contributed by atoms with van der Waals surface area (Å²) in [5.74, 6) is 0. The van der Waals surface area contributed by atoms with E-state index < -0.39 is 0 Å². The van der Waals surface area contributed by atoms with Crippen molar-refractivity contribution in [3.8, 4) is 0 Å². The summed E-state index contributed by atoms with van der Waals surface area (Å²) in [5, 5.41) is 0. The van der Waals surface area contributed by atoms with Crippen molar-refractivity contribution in [1.82, 2.24) is 0 Å². The topological polar surface area (TPSA) is 30.0 Å². The fourth-order valence-corrected chi connectivity index (χ4v) is 7.91. The van der Waals surface area contributed by atoms with Crippen LogP contribution in [0.25, 0.3) is 0 Å². The first kappa shape index (κ1) is 46.1. The summed E-state index contributed by atoms with van der Waals surface area (Å²) in [7, 11) is 5.06. The van der Waals surface area contributed by atoms with E-state index in [4.69, 9.17) is 0 Å². The normalized spacial score (nSPS) is 13.1. The number of unbranched alkanes of at least 4 members (excludes halogenated alkanes) is 28. The Morgan fingerprint density at radius 2 is 0.745 bits per heavy atom. The maximum absolute atomic E-state index is 2.59. The molecule has 1 N–H and O–H groups in total. The lowest BCUT2D eigenvalue weighted by atomic mass is 9.80.